The van der Waals surface area contributed by atoms with E-state index in [1.54, 1.807) is 37.3 Å². The number of amides is 1. The first kappa shape index (κ1) is 20.5. The quantitative estimate of drug-likeness (QED) is 0.616. The fraction of sp³-hybridized carbons (Fsp3) is 0.300. The zero-order valence-corrected chi connectivity index (χ0v) is 15.8. The molecule has 0 spiro atoms. The molecular weight excluding hydrogens is 389 g/mol. The predicted octanol–water partition coefficient (Wildman–Crippen LogP) is 4.66. The van der Waals surface area contributed by atoms with Crippen LogP contribution < -0.4 is 14.8 Å². The summed E-state index contributed by atoms with van der Waals surface area (Å²) in [6, 6.07) is 9.75. The molecule has 0 saturated heterocycles. The Kier molecular flexibility index (Phi) is 5.95. The molecule has 0 aliphatic rings. The third kappa shape index (κ3) is 5.63. The lowest BCUT2D eigenvalue weighted by Gasteiger charge is -2.13. The van der Waals surface area contributed by atoms with Gasteiger partial charge in [0, 0.05) is 25.1 Å². The van der Waals surface area contributed by atoms with E-state index in [1.165, 1.54) is 13.2 Å². The van der Waals surface area contributed by atoms with Gasteiger partial charge in [-0.2, -0.15) is 13.2 Å². The number of benzene rings is 2. The number of methoxy groups -OCH3 is 1. The molecule has 1 amide bonds. The molecule has 1 aromatic heterocycles. The second-order valence-electron chi connectivity index (χ2n) is 6.35. The van der Waals surface area contributed by atoms with Crippen molar-refractivity contribution in [3.8, 4) is 11.5 Å². The Bertz CT molecular complexity index is 1010. The predicted molar refractivity (Wildman–Crippen MR) is 100 cm³/mol. The number of alkyl halides is 3. The Balaban J connectivity index is 1.58. The molecule has 3 aromatic rings. The molecule has 0 saturated carbocycles. The molecule has 0 aliphatic heterocycles. The molecule has 0 fully saturated rings. The summed E-state index contributed by atoms with van der Waals surface area (Å²) >= 11 is 0. The number of fused-ring (bicyclic) bond motifs is 1. The Morgan fingerprint density at radius 3 is 2.69 bits per heavy atom. The maximum Gasteiger partial charge on any atom is 0.422 e. The second-order valence-corrected chi connectivity index (χ2v) is 6.35. The standard InChI is InChI=1S/C20H19F3N2O4/c1-12-24-15-6-5-14(10-17(15)29-12)25-19(26)8-4-13-3-7-16(18(9-13)27-2)28-11-20(21,22)23/h3,5-7,9-10H,4,8,11H2,1-2H3,(H,25,26). The highest BCUT2D eigenvalue weighted by Gasteiger charge is 2.29. The number of anilines is 1. The van der Waals surface area contributed by atoms with Crippen molar-refractivity contribution in [3.63, 3.8) is 0 Å². The number of carbonyl (C=O) groups is 1. The number of nitrogens with one attached hydrogen (secondary N) is 1. The summed E-state index contributed by atoms with van der Waals surface area (Å²) in [6.45, 7) is 0.339. The van der Waals surface area contributed by atoms with Crippen LogP contribution in [-0.4, -0.2) is 30.8 Å². The molecule has 29 heavy (non-hydrogen) atoms. The molecule has 0 bridgehead atoms. The molecule has 0 unspecified atom stereocenters. The van der Waals surface area contributed by atoms with Crippen LogP contribution in [0.5, 0.6) is 11.5 Å². The van der Waals surface area contributed by atoms with E-state index in [0.717, 1.165) is 5.56 Å². The van der Waals surface area contributed by atoms with Crippen LogP contribution in [0.2, 0.25) is 0 Å². The lowest BCUT2D eigenvalue weighted by Crippen LogP contribution is -2.19. The minimum Gasteiger partial charge on any atom is -0.493 e. The summed E-state index contributed by atoms with van der Waals surface area (Å²) in [5.41, 5.74) is 2.62. The molecule has 1 N–H and O–H groups in total. The molecule has 1 heterocycles. The highest BCUT2D eigenvalue weighted by atomic mass is 19.4. The Morgan fingerprint density at radius 2 is 1.97 bits per heavy atom. The van der Waals surface area contributed by atoms with Crippen LogP contribution in [0.25, 0.3) is 11.1 Å². The SMILES string of the molecule is COc1cc(CCC(=O)Nc2ccc3nc(C)oc3c2)ccc1OCC(F)(F)F. The van der Waals surface area contributed by atoms with E-state index in [2.05, 4.69) is 10.3 Å². The summed E-state index contributed by atoms with van der Waals surface area (Å²) in [7, 11) is 1.34. The third-order valence-electron chi connectivity index (χ3n) is 4.04. The Hall–Kier alpha value is -3.23. The van der Waals surface area contributed by atoms with Crippen LogP contribution >= 0.6 is 0 Å². The summed E-state index contributed by atoms with van der Waals surface area (Å²) in [4.78, 5) is 16.4. The van der Waals surface area contributed by atoms with Gasteiger partial charge in [0.15, 0.2) is 29.6 Å². The van der Waals surface area contributed by atoms with E-state index >= 15 is 0 Å². The average molecular weight is 408 g/mol. The first-order valence-electron chi connectivity index (χ1n) is 8.77. The van der Waals surface area contributed by atoms with Crippen LogP contribution in [-0.2, 0) is 11.2 Å². The van der Waals surface area contributed by atoms with Crippen LogP contribution in [0.4, 0.5) is 18.9 Å². The van der Waals surface area contributed by atoms with Crippen molar-refractivity contribution in [2.24, 2.45) is 0 Å². The number of oxazole rings is 1. The monoisotopic (exact) mass is 408 g/mol. The van der Waals surface area contributed by atoms with Crippen LogP contribution in [0.3, 0.4) is 0 Å². The molecule has 154 valence electrons. The van der Waals surface area contributed by atoms with Crippen molar-refractivity contribution in [2.45, 2.75) is 25.9 Å². The minimum absolute atomic E-state index is 0.00585. The minimum atomic E-state index is -4.44. The lowest BCUT2D eigenvalue weighted by atomic mass is 10.1. The Morgan fingerprint density at radius 1 is 1.17 bits per heavy atom. The third-order valence-corrected chi connectivity index (χ3v) is 4.04. The molecule has 2 aromatic carbocycles. The highest BCUT2D eigenvalue weighted by Crippen LogP contribution is 2.30. The molecule has 3 rings (SSSR count). The molecule has 6 nitrogen and oxygen atoms in total. The fourth-order valence-electron chi connectivity index (χ4n) is 2.75. The van der Waals surface area contributed by atoms with Gasteiger partial charge in [-0.1, -0.05) is 6.07 Å². The molecule has 0 atom stereocenters. The number of carbonyl (C=O) groups excluding carboxylic acids is 1. The van der Waals surface area contributed by atoms with E-state index in [9.17, 15) is 18.0 Å². The summed E-state index contributed by atoms with van der Waals surface area (Å²) in [5.74, 6) is 0.504. The van der Waals surface area contributed by atoms with Crippen molar-refractivity contribution in [1.82, 2.24) is 4.98 Å². The molecule has 9 heteroatoms. The smallest absolute Gasteiger partial charge is 0.422 e. The van der Waals surface area contributed by atoms with Gasteiger partial charge in [0.1, 0.15) is 5.52 Å². The summed E-state index contributed by atoms with van der Waals surface area (Å²) < 4.78 is 52.2. The molecule has 0 aliphatic carbocycles. The van der Waals surface area contributed by atoms with Crippen molar-refractivity contribution in [3.05, 3.63) is 47.9 Å². The van der Waals surface area contributed by atoms with E-state index in [0.29, 0.717) is 29.1 Å². The first-order valence-corrected chi connectivity index (χ1v) is 8.77. The first-order chi connectivity index (χ1) is 13.7. The van der Waals surface area contributed by atoms with Gasteiger partial charge in [-0.05, 0) is 36.2 Å². The van der Waals surface area contributed by atoms with Crippen LogP contribution in [0.15, 0.2) is 40.8 Å². The van der Waals surface area contributed by atoms with E-state index in [-0.39, 0.29) is 23.8 Å². The van der Waals surface area contributed by atoms with Crippen LogP contribution in [0.1, 0.15) is 17.9 Å². The van der Waals surface area contributed by atoms with Gasteiger partial charge in [-0.25, -0.2) is 4.98 Å². The number of ether oxygens (including phenoxy) is 2. The Labute approximate surface area is 164 Å². The van der Waals surface area contributed by atoms with Crippen molar-refractivity contribution < 1.29 is 31.9 Å². The number of hydrogen-bond acceptors (Lipinski definition) is 5. The van der Waals surface area contributed by atoms with E-state index in [4.69, 9.17) is 13.9 Å². The number of rotatable bonds is 7. The number of aryl methyl sites for hydroxylation is 2. The highest BCUT2D eigenvalue weighted by molar-refractivity contribution is 5.92. The van der Waals surface area contributed by atoms with Gasteiger partial charge in [0.25, 0.3) is 0 Å². The van der Waals surface area contributed by atoms with Gasteiger partial charge in [0.05, 0.1) is 7.11 Å². The van der Waals surface area contributed by atoms with Gasteiger partial charge in [-0.15, -0.1) is 0 Å². The lowest BCUT2D eigenvalue weighted by molar-refractivity contribution is -0.153. The van der Waals surface area contributed by atoms with Gasteiger partial charge in [0.2, 0.25) is 5.91 Å². The van der Waals surface area contributed by atoms with E-state index in [1.807, 2.05) is 0 Å². The zero-order chi connectivity index (χ0) is 21.0. The fourth-order valence-corrected chi connectivity index (χ4v) is 2.75. The largest absolute Gasteiger partial charge is 0.493 e. The number of hydrogen-bond donors (Lipinski definition) is 1. The number of nitrogens with zero attached hydrogens (tertiary/aromatic N) is 1. The molecular formula is C20H19F3N2O4. The molecule has 0 radical (unpaired) electrons. The topological polar surface area (TPSA) is 73.6 Å². The normalized spacial score (nSPS) is 11.5. The van der Waals surface area contributed by atoms with Crippen molar-refractivity contribution in [2.75, 3.05) is 19.0 Å². The average Bonchev–Trinajstić information content (AvgIpc) is 3.03. The van der Waals surface area contributed by atoms with Crippen molar-refractivity contribution >= 4 is 22.7 Å². The van der Waals surface area contributed by atoms with E-state index < -0.39 is 12.8 Å². The summed E-state index contributed by atoms with van der Waals surface area (Å²) in [6.07, 6.45) is -3.88. The maximum absolute atomic E-state index is 12.3. The number of aromatic nitrogens is 1. The van der Waals surface area contributed by atoms with Crippen molar-refractivity contribution in [1.29, 1.82) is 0 Å². The van der Waals surface area contributed by atoms with Gasteiger partial charge in [-0.3, -0.25) is 4.79 Å². The second kappa shape index (κ2) is 8.42. The summed E-state index contributed by atoms with van der Waals surface area (Å²) in [5, 5.41) is 2.78. The van der Waals surface area contributed by atoms with Gasteiger partial charge >= 0.3 is 6.18 Å². The maximum atomic E-state index is 12.3. The zero-order valence-electron chi connectivity index (χ0n) is 15.8. The van der Waals surface area contributed by atoms with Crippen LogP contribution in [0, 0.1) is 6.92 Å². The van der Waals surface area contributed by atoms with Gasteiger partial charge < -0.3 is 19.2 Å². The number of halogens is 3.